The molecular formula is C10H15ClN2S. The Morgan fingerprint density at radius 3 is 3.07 bits per heavy atom. The normalized spacial score (nSPS) is 12.8. The fourth-order valence-electron chi connectivity index (χ4n) is 0.960. The van der Waals surface area contributed by atoms with Crippen molar-refractivity contribution >= 4 is 23.4 Å². The quantitative estimate of drug-likeness (QED) is 0.845. The predicted molar refractivity (Wildman–Crippen MR) is 63.6 cm³/mol. The van der Waals surface area contributed by atoms with E-state index >= 15 is 0 Å². The smallest absolute Gasteiger partial charge is 0.0517 e. The van der Waals surface area contributed by atoms with Crippen LogP contribution in [0.3, 0.4) is 0 Å². The van der Waals surface area contributed by atoms with Crippen LogP contribution in [-0.4, -0.2) is 17.3 Å². The van der Waals surface area contributed by atoms with Crippen molar-refractivity contribution in [3.8, 4) is 0 Å². The second-order valence-corrected chi connectivity index (χ2v) is 4.79. The molecule has 1 rings (SSSR count). The van der Waals surface area contributed by atoms with Crippen LogP contribution in [0.4, 0.5) is 0 Å². The number of pyridine rings is 1. The Morgan fingerprint density at radius 2 is 2.43 bits per heavy atom. The van der Waals surface area contributed by atoms with Gasteiger partial charge in [-0.05, 0) is 30.3 Å². The Morgan fingerprint density at radius 1 is 1.64 bits per heavy atom. The van der Waals surface area contributed by atoms with Crippen molar-refractivity contribution in [2.24, 2.45) is 11.7 Å². The number of nitrogens with two attached hydrogens (primary N) is 1. The van der Waals surface area contributed by atoms with Gasteiger partial charge in [0.1, 0.15) is 0 Å². The number of rotatable bonds is 5. The highest BCUT2D eigenvalue weighted by Gasteiger charge is 2.00. The van der Waals surface area contributed by atoms with Crippen molar-refractivity contribution in [3.63, 3.8) is 0 Å². The van der Waals surface area contributed by atoms with E-state index in [1.807, 2.05) is 17.8 Å². The van der Waals surface area contributed by atoms with Crippen LogP contribution < -0.4 is 5.73 Å². The molecular weight excluding hydrogens is 216 g/mol. The third-order valence-electron chi connectivity index (χ3n) is 1.83. The maximum Gasteiger partial charge on any atom is 0.0517 e. The highest BCUT2D eigenvalue weighted by Crippen LogP contribution is 2.16. The summed E-state index contributed by atoms with van der Waals surface area (Å²) in [5.41, 5.74) is 6.56. The molecule has 0 saturated heterocycles. The number of hydrogen-bond acceptors (Lipinski definition) is 3. The average Bonchev–Trinajstić information content (AvgIpc) is 2.17. The lowest BCUT2D eigenvalue weighted by Gasteiger charge is -2.07. The van der Waals surface area contributed by atoms with Crippen LogP contribution in [0, 0.1) is 5.92 Å². The lowest BCUT2D eigenvalue weighted by molar-refractivity contribution is 0.675. The van der Waals surface area contributed by atoms with Crippen molar-refractivity contribution < 1.29 is 0 Å². The fourth-order valence-corrected chi connectivity index (χ4v) is 2.17. The average molecular weight is 231 g/mol. The molecule has 1 atom stereocenters. The van der Waals surface area contributed by atoms with Gasteiger partial charge in [-0.1, -0.05) is 18.5 Å². The first-order valence-electron chi connectivity index (χ1n) is 4.60. The molecule has 0 aliphatic rings. The lowest BCUT2D eigenvalue weighted by Crippen LogP contribution is -2.12. The summed E-state index contributed by atoms with van der Waals surface area (Å²) < 4.78 is 0. The molecule has 2 N–H and O–H groups in total. The van der Waals surface area contributed by atoms with E-state index in [9.17, 15) is 0 Å². The molecule has 0 aromatic carbocycles. The SMILES string of the molecule is CC(CN)CSCc1cc(Cl)ccn1. The maximum atomic E-state index is 5.84. The van der Waals surface area contributed by atoms with Crippen LogP contribution in [0.1, 0.15) is 12.6 Å². The van der Waals surface area contributed by atoms with Crippen LogP contribution in [0.25, 0.3) is 0 Å². The summed E-state index contributed by atoms with van der Waals surface area (Å²) in [6.07, 6.45) is 1.74. The Labute approximate surface area is 94.2 Å². The minimum atomic E-state index is 0.569. The summed E-state index contributed by atoms with van der Waals surface area (Å²) in [6.45, 7) is 2.90. The van der Waals surface area contributed by atoms with Crippen molar-refractivity contribution in [3.05, 3.63) is 29.0 Å². The zero-order chi connectivity index (χ0) is 10.4. The molecule has 0 spiro atoms. The van der Waals surface area contributed by atoms with Gasteiger partial charge in [0.2, 0.25) is 0 Å². The monoisotopic (exact) mass is 230 g/mol. The van der Waals surface area contributed by atoms with Crippen molar-refractivity contribution in [2.45, 2.75) is 12.7 Å². The Bertz CT molecular complexity index is 281. The molecule has 1 unspecified atom stereocenters. The van der Waals surface area contributed by atoms with E-state index in [0.29, 0.717) is 5.92 Å². The number of nitrogens with zero attached hydrogens (tertiary/aromatic N) is 1. The Balaban J connectivity index is 2.31. The van der Waals surface area contributed by atoms with Gasteiger partial charge in [-0.15, -0.1) is 0 Å². The molecule has 0 fully saturated rings. The number of hydrogen-bond donors (Lipinski definition) is 1. The van der Waals surface area contributed by atoms with Crippen molar-refractivity contribution in [2.75, 3.05) is 12.3 Å². The van der Waals surface area contributed by atoms with Gasteiger partial charge in [0, 0.05) is 17.0 Å². The number of halogens is 1. The van der Waals surface area contributed by atoms with Crippen LogP contribution >= 0.6 is 23.4 Å². The molecule has 78 valence electrons. The maximum absolute atomic E-state index is 5.84. The zero-order valence-electron chi connectivity index (χ0n) is 8.24. The molecule has 0 bridgehead atoms. The van der Waals surface area contributed by atoms with Gasteiger partial charge in [0.25, 0.3) is 0 Å². The fraction of sp³-hybridized carbons (Fsp3) is 0.500. The molecule has 1 aromatic heterocycles. The summed E-state index contributed by atoms with van der Waals surface area (Å²) >= 11 is 7.69. The van der Waals surface area contributed by atoms with E-state index in [0.717, 1.165) is 28.8 Å². The van der Waals surface area contributed by atoms with Gasteiger partial charge in [-0.25, -0.2) is 0 Å². The van der Waals surface area contributed by atoms with Crippen LogP contribution in [0.2, 0.25) is 5.02 Å². The third kappa shape index (κ3) is 4.31. The Hall–Kier alpha value is -0.250. The summed E-state index contributed by atoms with van der Waals surface area (Å²) in [5, 5.41) is 0.752. The van der Waals surface area contributed by atoms with E-state index in [1.165, 1.54) is 0 Å². The summed E-state index contributed by atoms with van der Waals surface area (Å²) in [7, 11) is 0. The van der Waals surface area contributed by atoms with E-state index in [4.69, 9.17) is 17.3 Å². The molecule has 0 aliphatic heterocycles. The molecule has 14 heavy (non-hydrogen) atoms. The van der Waals surface area contributed by atoms with Gasteiger partial charge >= 0.3 is 0 Å². The van der Waals surface area contributed by atoms with E-state index < -0.39 is 0 Å². The van der Waals surface area contributed by atoms with Gasteiger partial charge in [-0.2, -0.15) is 11.8 Å². The lowest BCUT2D eigenvalue weighted by atomic mass is 10.2. The van der Waals surface area contributed by atoms with Crippen molar-refractivity contribution in [1.82, 2.24) is 4.98 Å². The number of aromatic nitrogens is 1. The highest BCUT2D eigenvalue weighted by atomic mass is 35.5. The third-order valence-corrected chi connectivity index (χ3v) is 3.37. The van der Waals surface area contributed by atoms with Gasteiger partial charge in [0.05, 0.1) is 5.69 Å². The zero-order valence-corrected chi connectivity index (χ0v) is 9.81. The molecule has 4 heteroatoms. The minimum absolute atomic E-state index is 0.569. The van der Waals surface area contributed by atoms with Crippen molar-refractivity contribution in [1.29, 1.82) is 0 Å². The highest BCUT2D eigenvalue weighted by molar-refractivity contribution is 7.98. The molecule has 1 aromatic rings. The predicted octanol–water partition coefficient (Wildman–Crippen LogP) is 2.56. The second-order valence-electron chi connectivity index (χ2n) is 3.32. The van der Waals surface area contributed by atoms with Gasteiger partial charge in [-0.3, -0.25) is 4.98 Å². The number of thioether (sulfide) groups is 1. The van der Waals surface area contributed by atoms with Crippen LogP contribution in [0.5, 0.6) is 0 Å². The van der Waals surface area contributed by atoms with E-state index in [2.05, 4.69) is 11.9 Å². The van der Waals surface area contributed by atoms with Gasteiger partial charge in [0.15, 0.2) is 0 Å². The minimum Gasteiger partial charge on any atom is -0.330 e. The van der Waals surface area contributed by atoms with Crippen LogP contribution in [-0.2, 0) is 5.75 Å². The van der Waals surface area contributed by atoms with E-state index in [-0.39, 0.29) is 0 Å². The molecule has 0 amide bonds. The second kappa shape index (κ2) is 6.27. The summed E-state index contributed by atoms with van der Waals surface area (Å²) in [5.74, 6) is 2.55. The molecule has 0 aliphatic carbocycles. The summed E-state index contributed by atoms with van der Waals surface area (Å²) in [4.78, 5) is 4.23. The first kappa shape index (κ1) is 11.8. The summed E-state index contributed by atoms with van der Waals surface area (Å²) in [6, 6.07) is 3.69. The molecule has 0 radical (unpaired) electrons. The molecule has 2 nitrogen and oxygen atoms in total. The topological polar surface area (TPSA) is 38.9 Å². The standard InChI is InChI=1S/C10H15ClN2S/c1-8(5-12)6-14-7-10-4-9(11)2-3-13-10/h2-4,8H,5-7,12H2,1H3. The van der Waals surface area contributed by atoms with Gasteiger partial charge < -0.3 is 5.73 Å². The first-order chi connectivity index (χ1) is 6.72. The Kier molecular flexibility index (Phi) is 5.30. The van der Waals surface area contributed by atoms with Crippen LogP contribution in [0.15, 0.2) is 18.3 Å². The van der Waals surface area contributed by atoms with E-state index in [1.54, 1.807) is 12.3 Å². The molecule has 1 heterocycles. The largest absolute Gasteiger partial charge is 0.330 e. The first-order valence-corrected chi connectivity index (χ1v) is 6.14. The molecule has 0 saturated carbocycles.